The van der Waals surface area contributed by atoms with Crippen molar-refractivity contribution in [1.82, 2.24) is 10.3 Å². The molecule has 0 atom stereocenters. The number of halogens is 2. The van der Waals surface area contributed by atoms with Crippen LogP contribution in [-0.4, -0.2) is 29.7 Å². The van der Waals surface area contributed by atoms with Gasteiger partial charge < -0.3 is 10.6 Å². The summed E-state index contributed by atoms with van der Waals surface area (Å²) in [6.45, 7) is 1.80. The van der Waals surface area contributed by atoms with Gasteiger partial charge in [-0.15, -0.1) is 0 Å². The molecule has 1 heterocycles. The summed E-state index contributed by atoms with van der Waals surface area (Å²) in [5.41, 5.74) is 1.11. The van der Waals surface area contributed by atoms with E-state index in [-0.39, 0.29) is 17.4 Å². The Hall–Kier alpha value is -3.42. The molecule has 6 nitrogen and oxygen atoms in total. The average molecular weight is 412 g/mol. The number of amides is 2. The number of anilines is 1. The first-order chi connectivity index (χ1) is 14.4. The molecule has 1 saturated carbocycles. The summed E-state index contributed by atoms with van der Waals surface area (Å²) in [6, 6.07) is 5.38. The fourth-order valence-electron chi connectivity index (χ4n) is 2.82. The third kappa shape index (κ3) is 5.14. The zero-order chi connectivity index (χ0) is 21.7. The number of hydrogen-bond donors (Lipinski definition) is 2. The third-order valence-electron chi connectivity index (χ3n) is 4.68. The van der Waals surface area contributed by atoms with Crippen molar-refractivity contribution in [3.63, 3.8) is 0 Å². The van der Waals surface area contributed by atoms with Gasteiger partial charge in [0.2, 0.25) is 5.91 Å². The van der Waals surface area contributed by atoms with E-state index in [1.807, 2.05) is 0 Å². The SMILES string of the molecule is CC/C(=C\C(=NC)NC(=O)C1CC1)C(=O)Nc1cncc(-c2cccc(F)c2F)c1. The van der Waals surface area contributed by atoms with Gasteiger partial charge in [0.25, 0.3) is 5.91 Å². The first kappa shape index (κ1) is 21.3. The van der Waals surface area contributed by atoms with E-state index in [0.29, 0.717) is 29.1 Å². The molecule has 156 valence electrons. The molecule has 1 aromatic heterocycles. The van der Waals surface area contributed by atoms with Gasteiger partial charge in [-0.1, -0.05) is 19.1 Å². The van der Waals surface area contributed by atoms with Crippen LogP contribution in [0.3, 0.4) is 0 Å². The van der Waals surface area contributed by atoms with Crippen molar-refractivity contribution < 1.29 is 18.4 Å². The van der Waals surface area contributed by atoms with Gasteiger partial charge in [-0.25, -0.2) is 8.78 Å². The molecule has 0 unspecified atom stereocenters. The van der Waals surface area contributed by atoms with E-state index < -0.39 is 17.5 Å². The predicted molar refractivity (Wildman–Crippen MR) is 111 cm³/mol. The Morgan fingerprint density at radius 1 is 1.27 bits per heavy atom. The van der Waals surface area contributed by atoms with E-state index in [9.17, 15) is 18.4 Å². The van der Waals surface area contributed by atoms with Crippen molar-refractivity contribution in [3.05, 3.63) is 59.9 Å². The number of carbonyl (C=O) groups excluding carboxylic acids is 2. The minimum absolute atomic E-state index is 0.0195. The molecule has 3 rings (SSSR count). The highest BCUT2D eigenvalue weighted by atomic mass is 19.2. The average Bonchev–Trinajstić information content (AvgIpc) is 3.58. The van der Waals surface area contributed by atoms with E-state index >= 15 is 0 Å². The molecule has 0 saturated heterocycles. The molecule has 1 aromatic carbocycles. The number of pyridine rings is 1. The van der Waals surface area contributed by atoms with Gasteiger partial charge in [0.1, 0.15) is 5.84 Å². The second kappa shape index (κ2) is 9.39. The van der Waals surface area contributed by atoms with Crippen LogP contribution in [0.4, 0.5) is 14.5 Å². The molecule has 1 aliphatic carbocycles. The van der Waals surface area contributed by atoms with Crippen LogP contribution in [0, 0.1) is 17.6 Å². The molecule has 0 radical (unpaired) electrons. The number of aliphatic imine (C=N–C) groups is 1. The van der Waals surface area contributed by atoms with Gasteiger partial charge in [0, 0.05) is 35.9 Å². The number of nitrogens with one attached hydrogen (secondary N) is 2. The molecule has 1 fully saturated rings. The fraction of sp³-hybridized carbons (Fsp3) is 0.273. The lowest BCUT2D eigenvalue weighted by Gasteiger charge is -2.10. The maximum Gasteiger partial charge on any atom is 0.251 e. The summed E-state index contributed by atoms with van der Waals surface area (Å²) >= 11 is 0. The Balaban J connectivity index is 1.76. The van der Waals surface area contributed by atoms with Crippen LogP contribution in [0.5, 0.6) is 0 Å². The summed E-state index contributed by atoms with van der Waals surface area (Å²) in [6.07, 6.45) is 6.45. The molecule has 0 bridgehead atoms. The van der Waals surface area contributed by atoms with Crippen LogP contribution in [-0.2, 0) is 9.59 Å². The summed E-state index contributed by atoms with van der Waals surface area (Å²) < 4.78 is 27.6. The summed E-state index contributed by atoms with van der Waals surface area (Å²) in [4.78, 5) is 32.7. The molecule has 8 heteroatoms. The lowest BCUT2D eigenvalue weighted by atomic mass is 10.1. The van der Waals surface area contributed by atoms with E-state index in [1.54, 1.807) is 6.92 Å². The topological polar surface area (TPSA) is 83.5 Å². The first-order valence-corrected chi connectivity index (χ1v) is 9.62. The fourth-order valence-corrected chi connectivity index (χ4v) is 2.82. The molecule has 0 aliphatic heterocycles. The summed E-state index contributed by atoms with van der Waals surface area (Å²) in [5, 5.41) is 5.42. The minimum atomic E-state index is -0.980. The second-order valence-electron chi connectivity index (χ2n) is 6.91. The number of aromatic nitrogens is 1. The Bertz CT molecular complexity index is 1030. The van der Waals surface area contributed by atoms with Crippen molar-refractivity contribution in [2.45, 2.75) is 26.2 Å². The molecule has 0 spiro atoms. The maximum absolute atomic E-state index is 14.1. The first-order valence-electron chi connectivity index (χ1n) is 9.62. The molecule has 2 N–H and O–H groups in total. The Labute approximate surface area is 173 Å². The highest BCUT2D eigenvalue weighted by Gasteiger charge is 2.30. The molecular weight excluding hydrogens is 390 g/mol. The number of rotatable bonds is 6. The largest absolute Gasteiger partial charge is 0.321 e. The van der Waals surface area contributed by atoms with Crippen LogP contribution < -0.4 is 10.6 Å². The van der Waals surface area contributed by atoms with Crippen molar-refractivity contribution in [3.8, 4) is 11.1 Å². The second-order valence-corrected chi connectivity index (χ2v) is 6.91. The normalized spacial score (nSPS) is 14.4. The quantitative estimate of drug-likeness (QED) is 0.429. The van der Waals surface area contributed by atoms with E-state index in [1.165, 1.54) is 43.7 Å². The van der Waals surface area contributed by atoms with E-state index in [0.717, 1.165) is 18.9 Å². The molecule has 30 heavy (non-hydrogen) atoms. The maximum atomic E-state index is 14.1. The Morgan fingerprint density at radius 3 is 2.70 bits per heavy atom. The highest BCUT2D eigenvalue weighted by Crippen LogP contribution is 2.29. The van der Waals surface area contributed by atoms with E-state index in [2.05, 4.69) is 20.6 Å². The number of hydrogen-bond acceptors (Lipinski definition) is 4. The Morgan fingerprint density at radius 2 is 2.03 bits per heavy atom. The standard InChI is InChI=1S/C22H22F2N4O2/c1-3-13(10-19(25-2)28-22(30)14-7-8-14)21(29)27-16-9-15(11-26-12-16)17-5-4-6-18(23)20(17)24/h4-6,9-12,14H,3,7-8H2,1-2H3,(H,27,29)(H,25,28,30)/b13-10+. The van der Waals surface area contributed by atoms with Gasteiger partial charge in [-0.3, -0.25) is 19.6 Å². The van der Waals surface area contributed by atoms with Crippen molar-refractivity contribution >= 4 is 23.3 Å². The number of carbonyl (C=O) groups is 2. The number of benzene rings is 1. The van der Waals surface area contributed by atoms with Gasteiger partial charge in [0.05, 0.1) is 11.9 Å². The van der Waals surface area contributed by atoms with Gasteiger partial charge in [-0.05, 0) is 37.5 Å². The summed E-state index contributed by atoms with van der Waals surface area (Å²) in [7, 11) is 1.53. The van der Waals surface area contributed by atoms with Crippen LogP contribution in [0.1, 0.15) is 26.2 Å². The molecule has 2 aromatic rings. The van der Waals surface area contributed by atoms with E-state index in [4.69, 9.17) is 0 Å². The molecule has 1 aliphatic rings. The lowest BCUT2D eigenvalue weighted by molar-refractivity contribution is -0.120. The van der Waals surface area contributed by atoms with Crippen molar-refractivity contribution in [2.75, 3.05) is 12.4 Å². The summed E-state index contributed by atoms with van der Waals surface area (Å²) in [5.74, 6) is -2.11. The van der Waals surface area contributed by atoms with Crippen LogP contribution in [0.2, 0.25) is 0 Å². The molecular formula is C22H22F2N4O2. The monoisotopic (exact) mass is 412 g/mol. The van der Waals surface area contributed by atoms with Gasteiger partial charge >= 0.3 is 0 Å². The third-order valence-corrected chi connectivity index (χ3v) is 4.68. The van der Waals surface area contributed by atoms with Crippen LogP contribution in [0.25, 0.3) is 11.1 Å². The van der Waals surface area contributed by atoms with Gasteiger partial charge in [-0.2, -0.15) is 0 Å². The smallest absolute Gasteiger partial charge is 0.251 e. The van der Waals surface area contributed by atoms with Crippen LogP contribution >= 0.6 is 0 Å². The Kier molecular flexibility index (Phi) is 6.66. The minimum Gasteiger partial charge on any atom is -0.321 e. The highest BCUT2D eigenvalue weighted by molar-refractivity contribution is 6.12. The number of amidine groups is 1. The van der Waals surface area contributed by atoms with Crippen molar-refractivity contribution in [1.29, 1.82) is 0 Å². The van der Waals surface area contributed by atoms with Gasteiger partial charge in [0.15, 0.2) is 11.6 Å². The zero-order valence-corrected chi connectivity index (χ0v) is 16.7. The number of nitrogens with zero attached hydrogens (tertiary/aromatic N) is 2. The van der Waals surface area contributed by atoms with Crippen molar-refractivity contribution in [2.24, 2.45) is 10.9 Å². The predicted octanol–water partition coefficient (Wildman–Crippen LogP) is 3.86. The zero-order valence-electron chi connectivity index (χ0n) is 16.7. The van der Waals surface area contributed by atoms with Crippen LogP contribution in [0.15, 0.2) is 53.3 Å². The lowest BCUT2D eigenvalue weighted by Crippen LogP contribution is -2.31. The molecule has 2 amide bonds.